The Morgan fingerprint density at radius 2 is 2.00 bits per heavy atom. The molecule has 0 radical (unpaired) electrons. The van der Waals surface area contributed by atoms with Crippen LogP contribution in [-0.2, 0) is 9.59 Å². The van der Waals surface area contributed by atoms with Crippen molar-refractivity contribution in [1.82, 2.24) is 14.8 Å². The molecule has 108 valence electrons. The van der Waals surface area contributed by atoms with Crippen molar-refractivity contribution in [3.63, 3.8) is 0 Å². The van der Waals surface area contributed by atoms with Crippen molar-refractivity contribution < 1.29 is 9.59 Å². The molecule has 1 aromatic rings. The third kappa shape index (κ3) is 3.75. The topological polar surface area (TPSA) is 91.6 Å². The van der Waals surface area contributed by atoms with E-state index in [1.54, 1.807) is 29.3 Å². The monoisotopic (exact) mass is 277 g/mol. The summed E-state index contributed by atoms with van der Waals surface area (Å²) in [5.74, 6) is -0.772. The van der Waals surface area contributed by atoms with Gasteiger partial charge in [-0.1, -0.05) is 6.07 Å². The van der Waals surface area contributed by atoms with Gasteiger partial charge in [-0.2, -0.15) is 0 Å². The molecular weight excluding hydrogens is 258 g/mol. The van der Waals surface area contributed by atoms with Crippen molar-refractivity contribution in [1.29, 1.82) is 0 Å². The summed E-state index contributed by atoms with van der Waals surface area (Å²) < 4.78 is 0. The van der Waals surface area contributed by atoms with Gasteiger partial charge < -0.3 is 16.0 Å². The van der Waals surface area contributed by atoms with Crippen LogP contribution in [0.3, 0.4) is 0 Å². The van der Waals surface area contributed by atoms with Crippen molar-refractivity contribution in [2.45, 2.75) is 0 Å². The molecule has 1 fully saturated rings. The van der Waals surface area contributed by atoms with E-state index < -0.39 is 11.8 Å². The van der Waals surface area contributed by atoms with Crippen molar-refractivity contribution >= 4 is 17.6 Å². The van der Waals surface area contributed by atoms with Gasteiger partial charge in [-0.3, -0.25) is 14.5 Å². The number of aromatic nitrogens is 1. The lowest BCUT2D eigenvalue weighted by Gasteiger charge is -2.33. The van der Waals surface area contributed by atoms with Crippen LogP contribution < -0.4 is 11.1 Å². The largest absolute Gasteiger partial charge is 0.332 e. The van der Waals surface area contributed by atoms with E-state index in [1.165, 1.54) is 0 Å². The first-order valence-corrected chi connectivity index (χ1v) is 6.64. The molecule has 0 bridgehead atoms. The lowest BCUT2D eigenvalue weighted by molar-refractivity contribution is -0.144. The van der Waals surface area contributed by atoms with Gasteiger partial charge >= 0.3 is 11.8 Å². The fraction of sp³-hybridized carbons (Fsp3) is 0.462. The second-order valence-corrected chi connectivity index (χ2v) is 4.59. The second-order valence-electron chi connectivity index (χ2n) is 4.59. The molecule has 0 saturated carbocycles. The molecule has 2 amide bonds. The molecule has 0 unspecified atom stereocenters. The quantitative estimate of drug-likeness (QED) is 0.700. The van der Waals surface area contributed by atoms with Crippen molar-refractivity contribution in [3.05, 3.63) is 24.4 Å². The summed E-state index contributed by atoms with van der Waals surface area (Å²) in [7, 11) is 0. The van der Waals surface area contributed by atoms with Gasteiger partial charge in [0, 0.05) is 45.5 Å². The van der Waals surface area contributed by atoms with Gasteiger partial charge in [0.1, 0.15) is 5.82 Å². The summed E-state index contributed by atoms with van der Waals surface area (Å²) in [4.78, 5) is 31.6. The number of anilines is 1. The highest BCUT2D eigenvalue weighted by atomic mass is 16.2. The first-order chi connectivity index (χ1) is 9.70. The number of carbonyl (C=O) groups excluding carboxylic acids is 2. The molecule has 3 N–H and O–H groups in total. The summed E-state index contributed by atoms with van der Waals surface area (Å²) in [6.07, 6.45) is 1.56. The van der Waals surface area contributed by atoms with Crippen LogP contribution in [0.4, 0.5) is 5.82 Å². The number of carbonyl (C=O) groups is 2. The molecule has 1 saturated heterocycles. The van der Waals surface area contributed by atoms with Gasteiger partial charge in [0.05, 0.1) is 0 Å². The van der Waals surface area contributed by atoms with Gasteiger partial charge in [0.25, 0.3) is 0 Å². The molecule has 0 spiro atoms. The summed E-state index contributed by atoms with van der Waals surface area (Å²) in [6.45, 7) is 4.03. The first-order valence-electron chi connectivity index (χ1n) is 6.64. The molecule has 1 aliphatic rings. The summed E-state index contributed by atoms with van der Waals surface area (Å²) in [5, 5.41) is 2.50. The molecule has 2 rings (SSSR count). The SMILES string of the molecule is NCCN1CCN(C(=O)C(=O)Nc2ccccn2)CC1. The number of hydrogen-bond acceptors (Lipinski definition) is 5. The molecule has 1 aromatic heterocycles. The minimum absolute atomic E-state index is 0.382. The zero-order valence-electron chi connectivity index (χ0n) is 11.3. The number of rotatable bonds is 3. The average Bonchev–Trinajstić information content (AvgIpc) is 2.48. The Hall–Kier alpha value is -1.99. The molecule has 0 atom stereocenters. The number of pyridine rings is 1. The van der Waals surface area contributed by atoms with Crippen LogP contribution in [0.5, 0.6) is 0 Å². The summed E-state index contributed by atoms with van der Waals surface area (Å²) in [6, 6.07) is 5.14. The number of piperazine rings is 1. The van der Waals surface area contributed by atoms with Crippen LogP contribution in [-0.4, -0.2) is 65.9 Å². The molecule has 0 aliphatic carbocycles. The molecule has 20 heavy (non-hydrogen) atoms. The molecule has 7 nitrogen and oxygen atoms in total. The molecular formula is C13H19N5O2. The Bertz CT molecular complexity index is 457. The maximum Gasteiger partial charge on any atom is 0.315 e. The van der Waals surface area contributed by atoms with Gasteiger partial charge in [-0.25, -0.2) is 4.98 Å². The van der Waals surface area contributed by atoms with Gasteiger partial charge in [-0.05, 0) is 12.1 Å². The standard InChI is InChI=1S/C13H19N5O2/c14-4-6-17-7-9-18(10-8-17)13(20)12(19)16-11-3-1-2-5-15-11/h1-3,5H,4,6-10,14H2,(H,15,16,19). The highest BCUT2D eigenvalue weighted by Crippen LogP contribution is 2.04. The Morgan fingerprint density at radius 1 is 1.25 bits per heavy atom. The van der Waals surface area contributed by atoms with E-state index in [4.69, 9.17) is 5.73 Å². The second kappa shape index (κ2) is 6.97. The van der Waals surface area contributed by atoms with E-state index >= 15 is 0 Å². The minimum Gasteiger partial charge on any atom is -0.332 e. The van der Waals surface area contributed by atoms with E-state index in [-0.39, 0.29) is 0 Å². The maximum atomic E-state index is 12.0. The smallest absolute Gasteiger partial charge is 0.315 e. The lowest BCUT2D eigenvalue weighted by Crippen LogP contribution is -2.52. The molecule has 7 heteroatoms. The zero-order chi connectivity index (χ0) is 14.4. The third-order valence-electron chi connectivity index (χ3n) is 3.21. The number of nitrogens with zero attached hydrogens (tertiary/aromatic N) is 3. The normalized spacial score (nSPS) is 15.9. The fourth-order valence-corrected chi connectivity index (χ4v) is 2.11. The lowest BCUT2D eigenvalue weighted by atomic mass is 10.3. The van der Waals surface area contributed by atoms with Gasteiger partial charge in [0.15, 0.2) is 0 Å². The number of hydrogen-bond donors (Lipinski definition) is 2. The van der Waals surface area contributed by atoms with E-state index in [0.717, 1.165) is 19.6 Å². The van der Waals surface area contributed by atoms with E-state index in [1.807, 2.05) is 0 Å². The molecule has 1 aliphatic heterocycles. The van der Waals surface area contributed by atoms with Gasteiger partial charge in [-0.15, -0.1) is 0 Å². The minimum atomic E-state index is -0.643. The Kier molecular flexibility index (Phi) is 5.03. The van der Waals surface area contributed by atoms with Crippen LogP contribution >= 0.6 is 0 Å². The van der Waals surface area contributed by atoms with Gasteiger partial charge in [0.2, 0.25) is 0 Å². The fourth-order valence-electron chi connectivity index (χ4n) is 2.11. The molecule has 2 heterocycles. The predicted molar refractivity (Wildman–Crippen MR) is 74.9 cm³/mol. The van der Waals surface area contributed by atoms with E-state index in [9.17, 15) is 9.59 Å². The van der Waals surface area contributed by atoms with Crippen LogP contribution in [0.1, 0.15) is 0 Å². The third-order valence-corrected chi connectivity index (χ3v) is 3.21. The van der Waals surface area contributed by atoms with Crippen LogP contribution in [0.15, 0.2) is 24.4 Å². The van der Waals surface area contributed by atoms with Crippen molar-refractivity contribution in [2.75, 3.05) is 44.6 Å². The average molecular weight is 277 g/mol. The predicted octanol–water partition coefficient (Wildman–Crippen LogP) is -0.877. The van der Waals surface area contributed by atoms with E-state index in [0.29, 0.717) is 25.5 Å². The Labute approximate surface area is 117 Å². The summed E-state index contributed by atoms with van der Waals surface area (Å²) in [5.41, 5.74) is 5.49. The highest BCUT2D eigenvalue weighted by Gasteiger charge is 2.25. The highest BCUT2D eigenvalue weighted by molar-refractivity contribution is 6.39. The number of amides is 2. The number of nitrogens with one attached hydrogen (secondary N) is 1. The Morgan fingerprint density at radius 3 is 2.60 bits per heavy atom. The van der Waals surface area contributed by atoms with E-state index in [2.05, 4.69) is 15.2 Å². The zero-order valence-corrected chi connectivity index (χ0v) is 11.3. The van der Waals surface area contributed by atoms with Crippen LogP contribution in [0.25, 0.3) is 0 Å². The van der Waals surface area contributed by atoms with Crippen molar-refractivity contribution in [3.8, 4) is 0 Å². The molecule has 0 aromatic carbocycles. The van der Waals surface area contributed by atoms with Crippen LogP contribution in [0, 0.1) is 0 Å². The maximum absolute atomic E-state index is 12.0. The summed E-state index contributed by atoms with van der Waals surface area (Å²) >= 11 is 0. The van der Waals surface area contributed by atoms with Crippen LogP contribution in [0.2, 0.25) is 0 Å². The van der Waals surface area contributed by atoms with Crippen molar-refractivity contribution in [2.24, 2.45) is 5.73 Å². The first kappa shape index (κ1) is 14.4. The Balaban J connectivity index is 1.84. The number of nitrogens with two attached hydrogens (primary N) is 1.